The molecule has 0 heterocycles. The monoisotopic (exact) mass is 150 g/mol. The minimum atomic E-state index is 0.484. The van der Waals surface area contributed by atoms with Crippen LogP contribution in [0.1, 0.15) is 5.56 Å². The van der Waals surface area contributed by atoms with Gasteiger partial charge in [0.2, 0.25) is 0 Å². The first kappa shape index (κ1) is 7.88. The zero-order chi connectivity index (χ0) is 8.10. The van der Waals surface area contributed by atoms with Gasteiger partial charge in [-0.1, -0.05) is 12.1 Å². The smallest absolute Gasteiger partial charge is 0.108 e. The summed E-state index contributed by atoms with van der Waals surface area (Å²) in [6.07, 6.45) is 0. The Labute approximate surface area is 65.4 Å². The number of hydrogen-bond acceptors (Lipinski definition) is 3. The molecule has 0 radical (unpaired) electrons. The van der Waals surface area contributed by atoms with Crippen molar-refractivity contribution < 1.29 is 0 Å². The molecule has 0 bridgehead atoms. The van der Waals surface area contributed by atoms with Gasteiger partial charge in [-0.15, -0.1) is 4.91 Å². The lowest BCUT2D eigenvalue weighted by molar-refractivity contribution is 0.818. The number of rotatable bonds is 3. The molecule has 1 N–H and O–H groups in total. The van der Waals surface area contributed by atoms with Gasteiger partial charge in [0.25, 0.3) is 0 Å². The van der Waals surface area contributed by atoms with Crippen molar-refractivity contribution in [2.45, 2.75) is 6.54 Å². The molecule has 0 aliphatic heterocycles. The third-order valence-corrected chi connectivity index (χ3v) is 1.40. The van der Waals surface area contributed by atoms with Crippen LogP contribution in [-0.4, -0.2) is 7.05 Å². The van der Waals surface area contributed by atoms with Crippen LogP contribution in [0.2, 0.25) is 0 Å². The van der Waals surface area contributed by atoms with Crippen LogP contribution in [0.25, 0.3) is 0 Å². The van der Waals surface area contributed by atoms with Crippen molar-refractivity contribution in [3.8, 4) is 0 Å². The third-order valence-electron chi connectivity index (χ3n) is 1.40. The predicted octanol–water partition coefficient (Wildman–Crippen LogP) is 1.80. The van der Waals surface area contributed by atoms with E-state index in [0.29, 0.717) is 5.69 Å². The van der Waals surface area contributed by atoms with E-state index in [-0.39, 0.29) is 0 Å². The van der Waals surface area contributed by atoms with Gasteiger partial charge in [-0.25, -0.2) is 0 Å². The first-order valence-corrected chi connectivity index (χ1v) is 3.43. The molecule has 0 unspecified atom stereocenters. The molecule has 11 heavy (non-hydrogen) atoms. The Balaban J connectivity index is 2.82. The molecule has 1 aromatic rings. The van der Waals surface area contributed by atoms with Crippen LogP contribution in [-0.2, 0) is 6.54 Å². The van der Waals surface area contributed by atoms with Crippen molar-refractivity contribution in [2.24, 2.45) is 5.18 Å². The molecule has 1 rings (SSSR count). The third kappa shape index (κ3) is 2.13. The van der Waals surface area contributed by atoms with Gasteiger partial charge in [0.1, 0.15) is 5.69 Å². The summed E-state index contributed by atoms with van der Waals surface area (Å²) < 4.78 is 0. The molecule has 3 heteroatoms. The topological polar surface area (TPSA) is 41.5 Å². The molecule has 0 saturated carbocycles. The van der Waals surface area contributed by atoms with E-state index in [1.807, 2.05) is 19.2 Å². The highest BCUT2D eigenvalue weighted by atomic mass is 16.3. The highest BCUT2D eigenvalue weighted by Crippen LogP contribution is 2.12. The van der Waals surface area contributed by atoms with E-state index in [9.17, 15) is 4.91 Å². The standard InChI is InChI=1S/C8H10N2O/c1-9-6-7-3-2-4-8(5-7)10-11/h2-5,9H,6H2,1H3. The second-order valence-electron chi connectivity index (χ2n) is 2.29. The van der Waals surface area contributed by atoms with E-state index in [1.54, 1.807) is 12.1 Å². The van der Waals surface area contributed by atoms with Crippen LogP contribution in [0.4, 0.5) is 5.69 Å². The molecule has 1 aromatic carbocycles. The summed E-state index contributed by atoms with van der Waals surface area (Å²) in [5.74, 6) is 0. The fourth-order valence-corrected chi connectivity index (χ4v) is 0.927. The highest BCUT2D eigenvalue weighted by molar-refractivity contribution is 5.39. The largest absolute Gasteiger partial charge is 0.316 e. The summed E-state index contributed by atoms with van der Waals surface area (Å²) in [6.45, 7) is 0.767. The summed E-state index contributed by atoms with van der Waals surface area (Å²) in [6, 6.07) is 7.23. The second-order valence-corrected chi connectivity index (χ2v) is 2.29. The number of benzene rings is 1. The molecular formula is C8H10N2O. The summed E-state index contributed by atoms with van der Waals surface area (Å²) >= 11 is 0. The summed E-state index contributed by atoms with van der Waals surface area (Å²) in [5.41, 5.74) is 1.56. The maximum Gasteiger partial charge on any atom is 0.108 e. The Hall–Kier alpha value is -1.22. The van der Waals surface area contributed by atoms with Crippen molar-refractivity contribution in [1.29, 1.82) is 0 Å². The summed E-state index contributed by atoms with van der Waals surface area (Å²) in [4.78, 5) is 10.1. The Bertz CT molecular complexity index is 248. The fraction of sp³-hybridized carbons (Fsp3) is 0.250. The van der Waals surface area contributed by atoms with Crippen molar-refractivity contribution >= 4 is 5.69 Å². The lowest BCUT2D eigenvalue weighted by Crippen LogP contribution is -2.04. The number of nitrogens with one attached hydrogen (secondary N) is 1. The van der Waals surface area contributed by atoms with Crippen LogP contribution >= 0.6 is 0 Å². The first-order valence-electron chi connectivity index (χ1n) is 3.43. The van der Waals surface area contributed by atoms with Crippen molar-refractivity contribution in [3.63, 3.8) is 0 Å². The second kappa shape index (κ2) is 3.83. The lowest BCUT2D eigenvalue weighted by atomic mass is 10.2. The highest BCUT2D eigenvalue weighted by Gasteiger charge is 1.92. The van der Waals surface area contributed by atoms with Gasteiger partial charge in [-0.3, -0.25) is 0 Å². The molecule has 0 spiro atoms. The van der Waals surface area contributed by atoms with Gasteiger partial charge in [0.05, 0.1) is 0 Å². The number of hydrogen-bond donors (Lipinski definition) is 1. The Morgan fingerprint density at radius 2 is 2.36 bits per heavy atom. The van der Waals surface area contributed by atoms with Gasteiger partial charge in [0, 0.05) is 6.54 Å². The Morgan fingerprint density at radius 1 is 1.55 bits per heavy atom. The minimum absolute atomic E-state index is 0.484. The van der Waals surface area contributed by atoms with Crippen molar-refractivity contribution in [3.05, 3.63) is 34.7 Å². The molecule has 0 aliphatic rings. The van der Waals surface area contributed by atoms with E-state index in [4.69, 9.17) is 0 Å². The SMILES string of the molecule is CNCc1cccc(N=O)c1. The fourth-order valence-electron chi connectivity index (χ4n) is 0.927. The van der Waals surface area contributed by atoms with E-state index >= 15 is 0 Å². The molecular weight excluding hydrogens is 140 g/mol. The first-order chi connectivity index (χ1) is 5.36. The molecule has 0 aliphatic carbocycles. The zero-order valence-corrected chi connectivity index (χ0v) is 6.37. The van der Waals surface area contributed by atoms with Gasteiger partial charge in [-0.2, -0.15) is 0 Å². The number of nitrogens with zero attached hydrogens (tertiary/aromatic N) is 1. The summed E-state index contributed by atoms with van der Waals surface area (Å²) in [5, 5.41) is 5.83. The average Bonchev–Trinajstić information content (AvgIpc) is 2.06. The maximum absolute atomic E-state index is 10.1. The van der Waals surface area contributed by atoms with Crippen LogP contribution in [0.15, 0.2) is 29.4 Å². The normalized spacial score (nSPS) is 9.55. The van der Waals surface area contributed by atoms with Crippen molar-refractivity contribution in [1.82, 2.24) is 5.32 Å². The average molecular weight is 150 g/mol. The van der Waals surface area contributed by atoms with Crippen LogP contribution < -0.4 is 5.32 Å². The van der Waals surface area contributed by atoms with Gasteiger partial charge >= 0.3 is 0 Å². The van der Waals surface area contributed by atoms with E-state index in [1.165, 1.54) is 0 Å². The quantitative estimate of drug-likeness (QED) is 0.667. The van der Waals surface area contributed by atoms with E-state index in [0.717, 1.165) is 12.1 Å². The summed E-state index contributed by atoms with van der Waals surface area (Å²) in [7, 11) is 1.86. The predicted molar refractivity (Wildman–Crippen MR) is 44.7 cm³/mol. The molecule has 58 valence electrons. The molecule has 0 saturated heterocycles. The molecule has 3 nitrogen and oxygen atoms in total. The maximum atomic E-state index is 10.1. The van der Waals surface area contributed by atoms with E-state index in [2.05, 4.69) is 10.5 Å². The molecule has 0 aromatic heterocycles. The minimum Gasteiger partial charge on any atom is -0.316 e. The molecule has 0 atom stereocenters. The van der Waals surface area contributed by atoms with Crippen LogP contribution in [0.3, 0.4) is 0 Å². The Kier molecular flexibility index (Phi) is 2.74. The van der Waals surface area contributed by atoms with Gasteiger partial charge in [-0.05, 0) is 29.9 Å². The van der Waals surface area contributed by atoms with Crippen molar-refractivity contribution in [2.75, 3.05) is 7.05 Å². The van der Waals surface area contributed by atoms with Gasteiger partial charge < -0.3 is 5.32 Å². The van der Waals surface area contributed by atoms with Gasteiger partial charge in [0.15, 0.2) is 0 Å². The lowest BCUT2D eigenvalue weighted by Gasteiger charge is -1.98. The van der Waals surface area contributed by atoms with Crippen LogP contribution in [0, 0.1) is 4.91 Å². The molecule has 0 fully saturated rings. The van der Waals surface area contributed by atoms with Crippen LogP contribution in [0.5, 0.6) is 0 Å². The Morgan fingerprint density at radius 3 is 3.00 bits per heavy atom. The van der Waals surface area contributed by atoms with E-state index < -0.39 is 0 Å². The number of nitroso groups, excluding NO2 is 1. The molecule has 0 amide bonds. The zero-order valence-electron chi connectivity index (χ0n) is 6.37.